The van der Waals surface area contributed by atoms with Crippen LogP contribution in [0, 0.1) is 0 Å². The van der Waals surface area contributed by atoms with E-state index in [1.54, 1.807) is 17.6 Å². The smallest absolute Gasteiger partial charge is 0.206 e. The molecule has 3 rings (SSSR count). The average Bonchev–Trinajstić information content (AvgIpc) is 3.16. The Morgan fingerprint density at radius 1 is 1.22 bits per heavy atom. The fraction of sp³-hybridized carbons (Fsp3) is 0.176. The summed E-state index contributed by atoms with van der Waals surface area (Å²) >= 11 is 4.99. The maximum absolute atomic E-state index is 5.51. The van der Waals surface area contributed by atoms with Crippen LogP contribution in [0.3, 0.4) is 0 Å². The molecule has 6 heteroatoms. The minimum absolute atomic E-state index is 0.201. The molecule has 0 spiro atoms. The Bertz CT molecular complexity index is 858. The van der Waals surface area contributed by atoms with E-state index in [0.717, 1.165) is 26.3 Å². The summed E-state index contributed by atoms with van der Waals surface area (Å²) in [6.45, 7) is 4.10. The number of hydrogen-bond donors (Lipinski definition) is 0. The van der Waals surface area contributed by atoms with Crippen molar-refractivity contribution in [3.63, 3.8) is 0 Å². The van der Waals surface area contributed by atoms with Gasteiger partial charge in [0.2, 0.25) is 4.80 Å². The molecule has 0 bridgehead atoms. The fourth-order valence-electron chi connectivity index (χ4n) is 1.99. The first-order valence-corrected chi connectivity index (χ1v) is 8.89. The van der Waals surface area contributed by atoms with Crippen LogP contribution in [0.4, 0.5) is 0 Å². The zero-order valence-corrected chi connectivity index (χ0v) is 15.2. The Hall–Kier alpha value is -1.92. The topological polar surface area (TPSA) is 42.8 Å². The maximum Gasteiger partial charge on any atom is 0.206 e. The van der Waals surface area contributed by atoms with E-state index in [2.05, 4.69) is 39.9 Å². The number of benzene rings is 1. The highest BCUT2D eigenvalue weighted by atomic mass is 79.9. The molecule has 1 aromatic carbocycles. The summed E-state index contributed by atoms with van der Waals surface area (Å²) < 4.78 is 8.38. The summed E-state index contributed by atoms with van der Waals surface area (Å²) in [5, 5.41) is 6.62. The Morgan fingerprint density at radius 3 is 2.65 bits per heavy atom. The van der Waals surface area contributed by atoms with Crippen molar-refractivity contribution in [2.45, 2.75) is 19.9 Å². The highest BCUT2D eigenvalue weighted by Crippen LogP contribution is 2.20. The third kappa shape index (κ3) is 3.89. The Balaban J connectivity index is 2.05. The first-order chi connectivity index (χ1) is 11.1. The minimum atomic E-state index is 0.201. The first-order valence-electron chi connectivity index (χ1n) is 7.21. The van der Waals surface area contributed by atoms with E-state index in [4.69, 9.17) is 4.42 Å². The molecule has 23 heavy (non-hydrogen) atoms. The molecule has 0 saturated heterocycles. The van der Waals surface area contributed by atoms with Crippen LogP contribution in [0.25, 0.3) is 11.5 Å². The van der Waals surface area contributed by atoms with Gasteiger partial charge in [0, 0.05) is 15.9 Å². The monoisotopic (exact) mass is 389 g/mol. The molecule has 0 aliphatic carbocycles. The summed E-state index contributed by atoms with van der Waals surface area (Å²) in [4.78, 5) is 5.48. The lowest BCUT2D eigenvalue weighted by Crippen LogP contribution is -2.14. The number of hydrogen-bond acceptors (Lipinski definition) is 4. The van der Waals surface area contributed by atoms with Crippen LogP contribution in [0.2, 0.25) is 0 Å². The van der Waals surface area contributed by atoms with Gasteiger partial charge in [-0.2, -0.15) is 5.10 Å². The molecule has 3 aromatic rings. The van der Waals surface area contributed by atoms with Gasteiger partial charge < -0.3 is 4.42 Å². The van der Waals surface area contributed by atoms with Crippen LogP contribution < -0.4 is 4.80 Å². The van der Waals surface area contributed by atoms with Crippen LogP contribution in [0.15, 0.2) is 67.0 Å². The molecule has 0 fully saturated rings. The average molecular weight is 390 g/mol. The van der Waals surface area contributed by atoms with Gasteiger partial charge in [-0.25, -0.2) is 4.68 Å². The van der Waals surface area contributed by atoms with Gasteiger partial charge in [-0.1, -0.05) is 28.1 Å². The predicted molar refractivity (Wildman–Crippen MR) is 97.8 cm³/mol. The van der Waals surface area contributed by atoms with Gasteiger partial charge in [-0.05, 0) is 43.7 Å². The first kappa shape index (κ1) is 16.0. The van der Waals surface area contributed by atoms with Gasteiger partial charge in [0.05, 0.1) is 12.5 Å². The summed E-state index contributed by atoms with van der Waals surface area (Å²) in [5.41, 5.74) is 1.92. The van der Waals surface area contributed by atoms with Crippen molar-refractivity contribution in [1.82, 2.24) is 4.68 Å². The lowest BCUT2D eigenvalue weighted by atomic mass is 10.2. The van der Waals surface area contributed by atoms with E-state index in [0.29, 0.717) is 0 Å². The highest BCUT2D eigenvalue weighted by Gasteiger charge is 2.09. The highest BCUT2D eigenvalue weighted by molar-refractivity contribution is 9.10. The van der Waals surface area contributed by atoms with Crippen LogP contribution in [0.5, 0.6) is 0 Å². The Kier molecular flexibility index (Phi) is 4.93. The van der Waals surface area contributed by atoms with Crippen molar-refractivity contribution in [1.29, 1.82) is 0 Å². The number of rotatable bonds is 4. The van der Waals surface area contributed by atoms with E-state index in [1.807, 2.05) is 52.7 Å². The summed E-state index contributed by atoms with van der Waals surface area (Å²) in [5.74, 6) is 0.777. The molecule has 0 saturated carbocycles. The van der Waals surface area contributed by atoms with E-state index in [-0.39, 0.29) is 6.04 Å². The standard InChI is InChI=1S/C17H16BrN3OS/c1-12(2)20-17-21(15(11-23-17)16-4-3-9-22-16)19-10-13-5-7-14(18)8-6-13/h3-12H,1-2H3. The van der Waals surface area contributed by atoms with Crippen molar-refractivity contribution in [2.75, 3.05) is 0 Å². The normalized spacial score (nSPS) is 12.6. The predicted octanol–water partition coefficient (Wildman–Crippen LogP) is 4.76. The number of aromatic nitrogens is 1. The van der Waals surface area contributed by atoms with Gasteiger partial charge in [0.15, 0.2) is 5.76 Å². The largest absolute Gasteiger partial charge is 0.463 e. The molecule has 118 valence electrons. The fourth-order valence-corrected chi connectivity index (χ4v) is 3.20. The van der Waals surface area contributed by atoms with E-state index in [9.17, 15) is 0 Å². The number of furan rings is 1. The molecule has 0 unspecified atom stereocenters. The minimum Gasteiger partial charge on any atom is -0.463 e. The Labute approximate surface area is 146 Å². The molecule has 0 aliphatic rings. The number of thiazole rings is 1. The van der Waals surface area contributed by atoms with Crippen LogP contribution in [-0.2, 0) is 0 Å². The maximum atomic E-state index is 5.51. The molecule has 0 radical (unpaired) electrons. The summed E-state index contributed by atoms with van der Waals surface area (Å²) in [7, 11) is 0. The van der Waals surface area contributed by atoms with Crippen molar-refractivity contribution in [3.8, 4) is 11.5 Å². The van der Waals surface area contributed by atoms with Crippen molar-refractivity contribution < 1.29 is 4.42 Å². The molecule has 0 N–H and O–H groups in total. The zero-order chi connectivity index (χ0) is 16.2. The molecule has 2 heterocycles. The van der Waals surface area contributed by atoms with Gasteiger partial charge in [0.25, 0.3) is 0 Å². The lowest BCUT2D eigenvalue weighted by molar-refractivity contribution is 0.575. The van der Waals surface area contributed by atoms with Gasteiger partial charge in [0.1, 0.15) is 5.69 Å². The van der Waals surface area contributed by atoms with Crippen LogP contribution >= 0.6 is 27.3 Å². The van der Waals surface area contributed by atoms with Gasteiger partial charge in [-0.15, -0.1) is 11.3 Å². The zero-order valence-electron chi connectivity index (χ0n) is 12.8. The molecular formula is C17H16BrN3OS. The molecular weight excluding hydrogens is 374 g/mol. The number of halogens is 1. The molecule has 0 aliphatic heterocycles. The van der Waals surface area contributed by atoms with E-state index >= 15 is 0 Å². The second-order valence-corrected chi connectivity index (χ2v) is 6.96. The summed E-state index contributed by atoms with van der Waals surface area (Å²) in [6, 6.07) is 12.0. The quantitative estimate of drug-likeness (QED) is 0.592. The third-order valence-corrected chi connectivity index (χ3v) is 4.38. The summed E-state index contributed by atoms with van der Waals surface area (Å²) in [6.07, 6.45) is 3.49. The molecule has 2 aromatic heterocycles. The van der Waals surface area contributed by atoms with Crippen LogP contribution in [0.1, 0.15) is 19.4 Å². The van der Waals surface area contributed by atoms with Crippen molar-refractivity contribution >= 4 is 33.5 Å². The molecule has 0 amide bonds. The van der Waals surface area contributed by atoms with Gasteiger partial charge >= 0.3 is 0 Å². The van der Waals surface area contributed by atoms with E-state index in [1.165, 1.54) is 0 Å². The molecule has 4 nitrogen and oxygen atoms in total. The molecule has 0 atom stereocenters. The van der Waals surface area contributed by atoms with E-state index < -0.39 is 0 Å². The van der Waals surface area contributed by atoms with Crippen molar-refractivity contribution in [3.05, 3.63) is 62.9 Å². The number of nitrogens with zero attached hydrogens (tertiary/aromatic N) is 3. The van der Waals surface area contributed by atoms with Crippen LogP contribution in [-0.4, -0.2) is 16.9 Å². The lowest BCUT2D eigenvalue weighted by Gasteiger charge is -2.01. The Morgan fingerprint density at radius 2 is 2.00 bits per heavy atom. The second-order valence-electron chi connectivity index (χ2n) is 5.21. The SMILES string of the molecule is CC(C)N=c1scc(-c2ccco2)n1N=Cc1ccc(Br)cc1. The third-order valence-electron chi connectivity index (χ3n) is 3.02. The van der Waals surface area contributed by atoms with Crippen molar-refractivity contribution in [2.24, 2.45) is 10.1 Å². The van der Waals surface area contributed by atoms with Gasteiger partial charge in [-0.3, -0.25) is 4.99 Å². The second kappa shape index (κ2) is 7.10.